The van der Waals surface area contributed by atoms with E-state index in [9.17, 15) is 4.79 Å². The second kappa shape index (κ2) is 7.40. The van der Waals surface area contributed by atoms with Crippen molar-refractivity contribution in [3.05, 3.63) is 40.7 Å². The molecule has 1 amide bonds. The Hall–Kier alpha value is -2.14. The maximum Gasteiger partial charge on any atom is 0.217 e. The first-order valence-electron chi connectivity index (χ1n) is 8.56. The zero-order valence-corrected chi connectivity index (χ0v) is 15.6. The lowest BCUT2D eigenvalue weighted by Crippen LogP contribution is -2.44. The first kappa shape index (κ1) is 17.7. The van der Waals surface area contributed by atoms with Gasteiger partial charge in [-0.25, -0.2) is 9.97 Å². The van der Waals surface area contributed by atoms with Crippen LogP contribution >= 0.6 is 11.6 Å². The number of benzene rings is 1. The number of nitrogens with one attached hydrogen (secondary N) is 1. The van der Waals surface area contributed by atoms with Crippen LogP contribution < -0.4 is 10.2 Å². The van der Waals surface area contributed by atoms with E-state index >= 15 is 0 Å². The number of aryl methyl sites for hydroxylation is 2. The third-order valence-electron chi connectivity index (χ3n) is 4.52. The molecule has 1 fully saturated rings. The quantitative estimate of drug-likeness (QED) is 0.912. The van der Waals surface area contributed by atoms with Gasteiger partial charge in [0.2, 0.25) is 5.91 Å². The molecule has 0 radical (unpaired) electrons. The number of carbonyl (C=O) groups is 1. The predicted molar refractivity (Wildman–Crippen MR) is 101 cm³/mol. The molecule has 0 spiro atoms. The number of piperidine rings is 1. The van der Waals surface area contributed by atoms with Gasteiger partial charge in [0.1, 0.15) is 11.6 Å². The average Bonchev–Trinajstić information content (AvgIpc) is 2.57. The summed E-state index contributed by atoms with van der Waals surface area (Å²) in [7, 11) is 0. The van der Waals surface area contributed by atoms with Crippen LogP contribution in [0.5, 0.6) is 0 Å². The number of amides is 1. The number of aromatic nitrogens is 2. The Labute approximate surface area is 153 Å². The fourth-order valence-corrected chi connectivity index (χ4v) is 3.33. The first-order valence-corrected chi connectivity index (χ1v) is 8.94. The van der Waals surface area contributed by atoms with Crippen LogP contribution in [0, 0.1) is 13.8 Å². The number of halogens is 1. The van der Waals surface area contributed by atoms with Crippen molar-refractivity contribution in [2.45, 2.75) is 39.7 Å². The predicted octanol–water partition coefficient (Wildman–Crippen LogP) is 3.52. The molecular weight excluding hydrogens is 336 g/mol. The summed E-state index contributed by atoms with van der Waals surface area (Å²) in [5.41, 5.74) is 2.93. The van der Waals surface area contributed by atoms with Gasteiger partial charge in [-0.2, -0.15) is 0 Å². The number of hydrogen-bond donors (Lipinski definition) is 1. The standard InChI is InChI=1S/C19H23ClN4O/c1-12-4-5-15(10-17(12)20)18-11-19(22-13(2)21-18)24-8-6-16(7-9-24)23-14(3)25/h4-5,10-11,16H,6-9H2,1-3H3,(H,23,25). The van der Waals surface area contributed by atoms with Crippen LogP contribution in [0.1, 0.15) is 31.2 Å². The maximum atomic E-state index is 11.2. The molecule has 0 aliphatic carbocycles. The van der Waals surface area contributed by atoms with E-state index in [0.29, 0.717) is 0 Å². The molecule has 0 saturated carbocycles. The van der Waals surface area contributed by atoms with Crippen molar-refractivity contribution in [2.24, 2.45) is 0 Å². The van der Waals surface area contributed by atoms with E-state index in [1.807, 2.05) is 38.1 Å². The monoisotopic (exact) mass is 358 g/mol. The minimum absolute atomic E-state index is 0.0369. The molecule has 1 aromatic heterocycles. The average molecular weight is 359 g/mol. The number of anilines is 1. The van der Waals surface area contributed by atoms with Gasteiger partial charge in [-0.3, -0.25) is 4.79 Å². The molecular formula is C19H23ClN4O. The van der Waals surface area contributed by atoms with Crippen LogP contribution in [-0.2, 0) is 4.79 Å². The van der Waals surface area contributed by atoms with Gasteiger partial charge in [-0.05, 0) is 38.3 Å². The Morgan fingerprint density at radius 1 is 1.20 bits per heavy atom. The topological polar surface area (TPSA) is 58.1 Å². The molecule has 0 unspecified atom stereocenters. The molecule has 3 rings (SSSR count). The molecule has 1 aliphatic rings. The second-order valence-electron chi connectivity index (χ2n) is 6.58. The van der Waals surface area contributed by atoms with Gasteiger partial charge in [-0.1, -0.05) is 23.7 Å². The summed E-state index contributed by atoms with van der Waals surface area (Å²) >= 11 is 6.26. The summed E-state index contributed by atoms with van der Waals surface area (Å²) in [6, 6.07) is 8.27. The normalized spacial score (nSPS) is 15.3. The van der Waals surface area contributed by atoms with Crippen LogP contribution in [0.2, 0.25) is 5.02 Å². The van der Waals surface area contributed by atoms with Crippen LogP contribution in [0.3, 0.4) is 0 Å². The summed E-state index contributed by atoms with van der Waals surface area (Å²) in [6.07, 6.45) is 1.85. The van der Waals surface area contributed by atoms with Crippen molar-refractivity contribution in [1.82, 2.24) is 15.3 Å². The summed E-state index contributed by atoms with van der Waals surface area (Å²) < 4.78 is 0. The van der Waals surface area contributed by atoms with Gasteiger partial charge in [-0.15, -0.1) is 0 Å². The molecule has 2 aromatic rings. The lowest BCUT2D eigenvalue weighted by atomic mass is 10.0. The highest BCUT2D eigenvalue weighted by molar-refractivity contribution is 6.31. The van der Waals surface area contributed by atoms with Crippen LogP contribution in [-0.4, -0.2) is 35.0 Å². The Morgan fingerprint density at radius 2 is 1.92 bits per heavy atom. The van der Waals surface area contributed by atoms with Crippen molar-refractivity contribution >= 4 is 23.3 Å². The van der Waals surface area contributed by atoms with Gasteiger partial charge in [0.25, 0.3) is 0 Å². The van der Waals surface area contributed by atoms with Crippen molar-refractivity contribution in [1.29, 1.82) is 0 Å². The largest absolute Gasteiger partial charge is 0.356 e. The SMILES string of the molecule is CC(=O)NC1CCN(c2cc(-c3ccc(C)c(Cl)c3)nc(C)n2)CC1. The fourth-order valence-electron chi connectivity index (χ4n) is 3.15. The smallest absolute Gasteiger partial charge is 0.217 e. The van der Waals surface area contributed by atoms with Crippen molar-refractivity contribution in [3.63, 3.8) is 0 Å². The zero-order chi connectivity index (χ0) is 18.0. The van der Waals surface area contributed by atoms with E-state index in [1.165, 1.54) is 0 Å². The fraction of sp³-hybridized carbons (Fsp3) is 0.421. The minimum atomic E-state index is 0.0369. The van der Waals surface area contributed by atoms with Crippen LogP contribution in [0.25, 0.3) is 11.3 Å². The van der Waals surface area contributed by atoms with Crippen molar-refractivity contribution < 1.29 is 4.79 Å². The van der Waals surface area contributed by atoms with Gasteiger partial charge < -0.3 is 10.2 Å². The van der Waals surface area contributed by atoms with Gasteiger partial charge in [0.15, 0.2) is 0 Å². The summed E-state index contributed by atoms with van der Waals surface area (Å²) in [6.45, 7) is 7.21. The number of rotatable bonds is 3. The number of nitrogens with zero attached hydrogens (tertiary/aromatic N) is 3. The molecule has 132 valence electrons. The third-order valence-corrected chi connectivity index (χ3v) is 4.93. The Kier molecular flexibility index (Phi) is 5.23. The molecule has 1 aliphatic heterocycles. The van der Waals surface area contributed by atoms with E-state index in [-0.39, 0.29) is 11.9 Å². The minimum Gasteiger partial charge on any atom is -0.356 e. The first-order chi connectivity index (χ1) is 11.9. The summed E-state index contributed by atoms with van der Waals surface area (Å²) in [5.74, 6) is 1.71. The molecule has 2 heterocycles. The van der Waals surface area contributed by atoms with E-state index < -0.39 is 0 Å². The Morgan fingerprint density at radius 3 is 2.56 bits per heavy atom. The zero-order valence-electron chi connectivity index (χ0n) is 14.8. The van der Waals surface area contributed by atoms with Gasteiger partial charge >= 0.3 is 0 Å². The van der Waals surface area contributed by atoms with E-state index in [2.05, 4.69) is 20.2 Å². The van der Waals surface area contributed by atoms with Crippen molar-refractivity contribution in [2.75, 3.05) is 18.0 Å². The summed E-state index contributed by atoms with van der Waals surface area (Å²) in [4.78, 5) is 22.6. The molecule has 1 N–H and O–H groups in total. The molecule has 0 bridgehead atoms. The van der Waals surface area contributed by atoms with Crippen LogP contribution in [0.15, 0.2) is 24.3 Å². The van der Waals surface area contributed by atoms with Gasteiger partial charge in [0, 0.05) is 42.7 Å². The Balaban J connectivity index is 1.80. The summed E-state index contributed by atoms with van der Waals surface area (Å²) in [5, 5.41) is 3.74. The molecule has 5 nitrogen and oxygen atoms in total. The Bertz CT molecular complexity index is 785. The van der Waals surface area contributed by atoms with Crippen molar-refractivity contribution in [3.8, 4) is 11.3 Å². The molecule has 6 heteroatoms. The third kappa shape index (κ3) is 4.28. The van der Waals surface area contributed by atoms with E-state index in [4.69, 9.17) is 11.6 Å². The van der Waals surface area contributed by atoms with E-state index in [0.717, 1.165) is 59.4 Å². The molecule has 25 heavy (non-hydrogen) atoms. The van der Waals surface area contributed by atoms with E-state index in [1.54, 1.807) is 6.92 Å². The highest BCUT2D eigenvalue weighted by atomic mass is 35.5. The number of carbonyl (C=O) groups excluding carboxylic acids is 1. The second-order valence-corrected chi connectivity index (χ2v) is 6.99. The maximum absolute atomic E-state index is 11.2. The van der Waals surface area contributed by atoms with Crippen LogP contribution in [0.4, 0.5) is 5.82 Å². The lowest BCUT2D eigenvalue weighted by molar-refractivity contribution is -0.119. The highest BCUT2D eigenvalue weighted by Crippen LogP contribution is 2.27. The molecule has 1 aromatic carbocycles. The lowest BCUT2D eigenvalue weighted by Gasteiger charge is -2.33. The molecule has 1 saturated heterocycles. The number of hydrogen-bond acceptors (Lipinski definition) is 4. The highest BCUT2D eigenvalue weighted by Gasteiger charge is 2.21. The van der Waals surface area contributed by atoms with Gasteiger partial charge in [0.05, 0.1) is 5.69 Å². The molecule has 0 atom stereocenters.